The number of hydrogen-bond donors (Lipinski definition) is 2. The zero-order valence-electron chi connectivity index (χ0n) is 14.3. The van der Waals surface area contributed by atoms with E-state index in [1.54, 1.807) is 11.0 Å². The fraction of sp³-hybridized carbons (Fsp3) is 0.316. The molecule has 0 radical (unpaired) electrons. The van der Waals surface area contributed by atoms with Gasteiger partial charge in [-0.15, -0.1) is 0 Å². The molecule has 0 aliphatic carbocycles. The van der Waals surface area contributed by atoms with Crippen molar-refractivity contribution in [1.29, 1.82) is 0 Å². The predicted octanol–water partition coefficient (Wildman–Crippen LogP) is 2.90. The second-order valence-electron chi connectivity index (χ2n) is 6.52. The summed E-state index contributed by atoms with van der Waals surface area (Å²) in [6.45, 7) is 4.51. The monoisotopic (exact) mass is 339 g/mol. The van der Waals surface area contributed by atoms with Crippen molar-refractivity contribution >= 4 is 23.3 Å². The Bertz CT molecular complexity index is 804. The second-order valence-corrected chi connectivity index (χ2v) is 6.52. The van der Waals surface area contributed by atoms with E-state index >= 15 is 0 Å². The second kappa shape index (κ2) is 6.93. The molecule has 25 heavy (non-hydrogen) atoms. The van der Waals surface area contributed by atoms with Crippen molar-refractivity contribution in [1.82, 2.24) is 4.98 Å². The largest absolute Gasteiger partial charge is 0.504 e. The van der Waals surface area contributed by atoms with Crippen LogP contribution in [0.25, 0.3) is 0 Å². The number of aromatic hydroxyl groups is 1. The smallest absolute Gasteiger partial charge is 0.231 e. The number of rotatable bonds is 4. The third-order valence-electron chi connectivity index (χ3n) is 4.37. The lowest BCUT2D eigenvalue weighted by Gasteiger charge is -2.18. The van der Waals surface area contributed by atoms with E-state index in [-0.39, 0.29) is 29.8 Å². The van der Waals surface area contributed by atoms with Gasteiger partial charge in [0.1, 0.15) is 0 Å². The van der Waals surface area contributed by atoms with Gasteiger partial charge in [-0.25, -0.2) is 4.98 Å². The molecule has 0 bridgehead atoms. The predicted molar refractivity (Wildman–Crippen MR) is 95.5 cm³/mol. The first-order valence-electron chi connectivity index (χ1n) is 8.31. The molecule has 6 nitrogen and oxygen atoms in total. The number of carbonyl (C=O) groups excluding carboxylic acids is 2. The molecule has 1 saturated heterocycles. The molecule has 0 spiro atoms. The Morgan fingerprint density at radius 3 is 2.84 bits per heavy atom. The highest BCUT2D eigenvalue weighted by molar-refractivity contribution is 6.03. The minimum atomic E-state index is -0.475. The minimum absolute atomic E-state index is 0.0775. The van der Waals surface area contributed by atoms with Gasteiger partial charge in [-0.1, -0.05) is 26.0 Å². The standard InChI is InChI=1S/C19H21N3O3/c1-12(2)13-5-3-6-15(9-13)22-11-14(10-17(22)24)19(25)21-18-16(23)7-4-8-20-18/h3-9,12,14,23H,10-11H2,1-2H3,(H,20,21,25). The van der Waals surface area contributed by atoms with Crippen LogP contribution in [0, 0.1) is 5.92 Å². The summed E-state index contributed by atoms with van der Waals surface area (Å²) in [6.07, 6.45) is 1.63. The molecule has 1 aromatic carbocycles. The first-order valence-corrected chi connectivity index (χ1v) is 8.31. The summed E-state index contributed by atoms with van der Waals surface area (Å²) in [4.78, 5) is 30.4. The number of hydrogen-bond acceptors (Lipinski definition) is 4. The maximum atomic E-state index is 12.4. The van der Waals surface area contributed by atoms with Gasteiger partial charge in [0.15, 0.2) is 11.6 Å². The molecule has 2 amide bonds. The van der Waals surface area contributed by atoms with Gasteiger partial charge in [0.25, 0.3) is 0 Å². The maximum absolute atomic E-state index is 12.4. The summed E-state index contributed by atoms with van der Waals surface area (Å²) in [7, 11) is 0. The summed E-state index contributed by atoms with van der Waals surface area (Å²) in [5.41, 5.74) is 1.96. The number of benzene rings is 1. The van der Waals surface area contributed by atoms with Gasteiger partial charge < -0.3 is 15.3 Å². The molecular weight excluding hydrogens is 318 g/mol. The van der Waals surface area contributed by atoms with Crippen LogP contribution < -0.4 is 10.2 Å². The third kappa shape index (κ3) is 3.63. The Kier molecular flexibility index (Phi) is 4.70. The van der Waals surface area contributed by atoms with E-state index < -0.39 is 5.92 Å². The van der Waals surface area contributed by atoms with Gasteiger partial charge in [-0.2, -0.15) is 0 Å². The fourth-order valence-electron chi connectivity index (χ4n) is 2.90. The van der Waals surface area contributed by atoms with Gasteiger partial charge in [0, 0.05) is 24.8 Å². The number of nitrogens with zero attached hydrogens (tertiary/aromatic N) is 2. The van der Waals surface area contributed by atoms with Crippen LogP contribution >= 0.6 is 0 Å². The average Bonchev–Trinajstić information content (AvgIpc) is 2.99. The van der Waals surface area contributed by atoms with Crippen molar-refractivity contribution in [2.24, 2.45) is 5.92 Å². The van der Waals surface area contributed by atoms with Crippen molar-refractivity contribution in [3.05, 3.63) is 48.2 Å². The molecule has 0 saturated carbocycles. The lowest BCUT2D eigenvalue weighted by molar-refractivity contribution is -0.122. The molecule has 2 heterocycles. The zero-order chi connectivity index (χ0) is 18.0. The fourth-order valence-corrected chi connectivity index (χ4v) is 2.90. The summed E-state index contributed by atoms with van der Waals surface area (Å²) < 4.78 is 0. The summed E-state index contributed by atoms with van der Waals surface area (Å²) in [6, 6.07) is 10.9. The van der Waals surface area contributed by atoms with Crippen LogP contribution in [-0.4, -0.2) is 28.4 Å². The highest BCUT2D eigenvalue weighted by Gasteiger charge is 2.35. The molecule has 1 atom stereocenters. The first kappa shape index (κ1) is 17.0. The molecular formula is C19H21N3O3. The number of amides is 2. The number of anilines is 2. The van der Waals surface area contributed by atoms with E-state index in [1.807, 2.05) is 24.3 Å². The zero-order valence-corrected chi connectivity index (χ0v) is 14.3. The lowest BCUT2D eigenvalue weighted by atomic mass is 10.0. The Hall–Kier alpha value is -2.89. The van der Waals surface area contributed by atoms with Crippen molar-refractivity contribution < 1.29 is 14.7 Å². The Morgan fingerprint density at radius 1 is 1.32 bits per heavy atom. The molecule has 6 heteroatoms. The molecule has 1 aliphatic rings. The molecule has 1 unspecified atom stereocenters. The van der Waals surface area contributed by atoms with E-state index in [4.69, 9.17) is 0 Å². The number of pyridine rings is 1. The van der Waals surface area contributed by atoms with Crippen LogP contribution in [-0.2, 0) is 9.59 Å². The van der Waals surface area contributed by atoms with Crippen LogP contribution in [0.1, 0.15) is 31.7 Å². The van der Waals surface area contributed by atoms with Gasteiger partial charge in [0.2, 0.25) is 11.8 Å². The third-order valence-corrected chi connectivity index (χ3v) is 4.37. The SMILES string of the molecule is CC(C)c1cccc(N2CC(C(=O)Nc3ncccc3O)CC2=O)c1. The number of aromatic nitrogens is 1. The molecule has 1 aliphatic heterocycles. The van der Waals surface area contributed by atoms with Gasteiger partial charge in [-0.05, 0) is 35.7 Å². The minimum Gasteiger partial charge on any atom is -0.504 e. The van der Waals surface area contributed by atoms with Crippen molar-refractivity contribution in [3.8, 4) is 5.75 Å². The van der Waals surface area contributed by atoms with E-state index in [9.17, 15) is 14.7 Å². The van der Waals surface area contributed by atoms with Crippen LogP contribution in [0.3, 0.4) is 0 Å². The summed E-state index contributed by atoms with van der Waals surface area (Å²) >= 11 is 0. The van der Waals surface area contributed by atoms with Crippen LogP contribution in [0.15, 0.2) is 42.6 Å². The quantitative estimate of drug-likeness (QED) is 0.897. The van der Waals surface area contributed by atoms with Crippen LogP contribution in [0.2, 0.25) is 0 Å². The van der Waals surface area contributed by atoms with E-state index in [1.165, 1.54) is 12.3 Å². The summed E-state index contributed by atoms with van der Waals surface area (Å²) in [5.74, 6) is -0.487. The summed E-state index contributed by atoms with van der Waals surface area (Å²) in [5, 5.41) is 12.3. The Morgan fingerprint density at radius 2 is 2.12 bits per heavy atom. The van der Waals surface area contributed by atoms with Crippen molar-refractivity contribution in [3.63, 3.8) is 0 Å². The van der Waals surface area contributed by atoms with Gasteiger partial charge in [-0.3, -0.25) is 9.59 Å². The molecule has 1 fully saturated rings. The number of carbonyl (C=O) groups is 2. The Balaban J connectivity index is 1.73. The van der Waals surface area contributed by atoms with E-state index in [2.05, 4.69) is 24.1 Å². The molecule has 1 aromatic heterocycles. The topological polar surface area (TPSA) is 82.5 Å². The Labute approximate surface area is 146 Å². The average molecular weight is 339 g/mol. The van der Waals surface area contributed by atoms with E-state index in [0.29, 0.717) is 12.5 Å². The van der Waals surface area contributed by atoms with Gasteiger partial charge >= 0.3 is 0 Å². The normalized spacial score (nSPS) is 17.2. The van der Waals surface area contributed by atoms with E-state index in [0.717, 1.165) is 11.3 Å². The molecule has 130 valence electrons. The van der Waals surface area contributed by atoms with Crippen molar-refractivity contribution in [2.75, 3.05) is 16.8 Å². The van der Waals surface area contributed by atoms with Crippen LogP contribution in [0.4, 0.5) is 11.5 Å². The molecule has 2 aromatic rings. The highest BCUT2D eigenvalue weighted by atomic mass is 16.3. The maximum Gasteiger partial charge on any atom is 0.231 e. The number of nitrogens with one attached hydrogen (secondary N) is 1. The lowest BCUT2D eigenvalue weighted by Crippen LogP contribution is -2.28. The van der Waals surface area contributed by atoms with Crippen LogP contribution in [0.5, 0.6) is 5.75 Å². The highest BCUT2D eigenvalue weighted by Crippen LogP contribution is 2.29. The van der Waals surface area contributed by atoms with Gasteiger partial charge in [0.05, 0.1) is 5.92 Å². The molecule has 3 rings (SSSR count). The molecule has 2 N–H and O–H groups in total. The van der Waals surface area contributed by atoms with Crippen molar-refractivity contribution in [2.45, 2.75) is 26.2 Å². The first-order chi connectivity index (χ1) is 12.0.